The maximum atomic E-state index is 12.9. The van der Waals surface area contributed by atoms with Crippen molar-refractivity contribution in [3.05, 3.63) is 35.6 Å². The Labute approximate surface area is 136 Å². The molecular weight excluding hydrogens is 297 g/mol. The van der Waals surface area contributed by atoms with E-state index in [0.29, 0.717) is 12.2 Å². The lowest BCUT2D eigenvalue weighted by atomic mass is 9.89. The highest BCUT2D eigenvalue weighted by atomic mass is 19.1. The fraction of sp³-hybridized carbons (Fsp3) is 0.556. The Balaban J connectivity index is 1.68. The number of benzene rings is 1. The van der Waals surface area contributed by atoms with Gasteiger partial charge in [0.1, 0.15) is 5.82 Å². The van der Waals surface area contributed by atoms with Crippen LogP contribution in [0.15, 0.2) is 24.3 Å². The topological polar surface area (TPSA) is 46.6 Å². The van der Waals surface area contributed by atoms with Crippen LogP contribution < -0.4 is 0 Å². The van der Waals surface area contributed by atoms with Crippen molar-refractivity contribution in [2.24, 2.45) is 5.92 Å². The van der Waals surface area contributed by atoms with Gasteiger partial charge in [-0.1, -0.05) is 0 Å². The van der Waals surface area contributed by atoms with Crippen LogP contribution in [0.5, 0.6) is 0 Å². The fourth-order valence-corrected chi connectivity index (χ4v) is 2.92. The van der Waals surface area contributed by atoms with Crippen LogP contribution in [0.25, 0.3) is 0 Å². The van der Waals surface area contributed by atoms with Crippen molar-refractivity contribution in [1.29, 1.82) is 0 Å². The van der Waals surface area contributed by atoms with E-state index in [0.717, 1.165) is 45.3 Å². The predicted molar refractivity (Wildman–Crippen MR) is 85.8 cm³/mol. The number of nitrogens with zero attached hydrogens (tertiary/aromatic N) is 1. The Bertz CT molecular complexity index is 522. The molecule has 4 nitrogen and oxygen atoms in total. The first-order valence-corrected chi connectivity index (χ1v) is 8.22. The third-order valence-corrected chi connectivity index (χ3v) is 4.26. The molecule has 0 aliphatic carbocycles. The van der Waals surface area contributed by atoms with E-state index in [1.165, 1.54) is 19.1 Å². The van der Waals surface area contributed by atoms with E-state index in [1.807, 2.05) is 0 Å². The molecule has 2 rings (SSSR count). The molecule has 0 aromatic heterocycles. The highest BCUT2D eigenvalue weighted by Crippen LogP contribution is 2.22. The first-order valence-electron chi connectivity index (χ1n) is 8.22. The molecule has 1 heterocycles. The van der Waals surface area contributed by atoms with E-state index in [1.54, 1.807) is 12.1 Å². The van der Waals surface area contributed by atoms with Gasteiger partial charge in [-0.15, -0.1) is 0 Å². The van der Waals surface area contributed by atoms with Crippen molar-refractivity contribution in [3.63, 3.8) is 0 Å². The van der Waals surface area contributed by atoms with Crippen LogP contribution in [-0.4, -0.2) is 42.9 Å². The molecule has 1 aromatic rings. The number of Topliss-reactive ketones (excluding diaryl/α,β-unsaturated/α-hetero) is 1. The molecular formula is C18H24FNO3. The second-order valence-corrected chi connectivity index (χ2v) is 6.03. The third kappa shape index (κ3) is 5.75. The van der Waals surface area contributed by atoms with Crippen molar-refractivity contribution in [3.8, 4) is 0 Å². The summed E-state index contributed by atoms with van der Waals surface area (Å²) in [6.45, 7) is 4.69. The number of ketones is 1. The SMILES string of the molecule is CC(=O)OCCCCN1CCC(C(=O)c2ccc(F)cc2)CC1. The number of hydrogen-bond donors (Lipinski definition) is 0. The number of hydrogen-bond acceptors (Lipinski definition) is 4. The molecule has 0 spiro atoms. The maximum Gasteiger partial charge on any atom is 0.302 e. The molecule has 0 N–H and O–H groups in total. The highest BCUT2D eigenvalue weighted by Gasteiger charge is 2.25. The summed E-state index contributed by atoms with van der Waals surface area (Å²) in [5.41, 5.74) is 0.603. The summed E-state index contributed by atoms with van der Waals surface area (Å²) in [4.78, 5) is 25.4. The number of ether oxygens (including phenoxy) is 1. The Kier molecular flexibility index (Phi) is 6.71. The predicted octanol–water partition coefficient (Wildman–Crippen LogP) is 3.06. The first kappa shape index (κ1) is 17.6. The second-order valence-electron chi connectivity index (χ2n) is 6.03. The number of rotatable bonds is 7. The lowest BCUT2D eigenvalue weighted by Gasteiger charge is -2.31. The van der Waals surface area contributed by atoms with Crippen LogP contribution in [0, 0.1) is 11.7 Å². The summed E-state index contributed by atoms with van der Waals surface area (Å²) in [5, 5.41) is 0. The minimum Gasteiger partial charge on any atom is -0.466 e. The van der Waals surface area contributed by atoms with Crippen molar-refractivity contribution in [2.45, 2.75) is 32.6 Å². The van der Waals surface area contributed by atoms with Crippen LogP contribution in [0.1, 0.15) is 43.0 Å². The second kappa shape index (κ2) is 8.77. The lowest BCUT2D eigenvalue weighted by molar-refractivity contribution is -0.141. The van der Waals surface area contributed by atoms with E-state index < -0.39 is 0 Å². The van der Waals surface area contributed by atoms with Crippen molar-refractivity contribution in [1.82, 2.24) is 4.90 Å². The van der Waals surface area contributed by atoms with Crippen LogP contribution in [0.4, 0.5) is 4.39 Å². The molecule has 1 aliphatic heterocycles. The van der Waals surface area contributed by atoms with E-state index in [4.69, 9.17) is 4.74 Å². The van der Waals surface area contributed by atoms with Gasteiger partial charge in [0.15, 0.2) is 5.78 Å². The fourth-order valence-electron chi connectivity index (χ4n) is 2.92. The molecule has 0 atom stereocenters. The molecule has 23 heavy (non-hydrogen) atoms. The van der Waals surface area contributed by atoms with Crippen LogP contribution in [-0.2, 0) is 9.53 Å². The van der Waals surface area contributed by atoms with E-state index in [-0.39, 0.29) is 23.5 Å². The largest absolute Gasteiger partial charge is 0.466 e. The minimum absolute atomic E-state index is 0.0396. The molecule has 5 heteroatoms. The number of carbonyl (C=O) groups excluding carboxylic acids is 2. The van der Waals surface area contributed by atoms with Crippen LogP contribution in [0.3, 0.4) is 0 Å². The Morgan fingerprint density at radius 1 is 1.17 bits per heavy atom. The zero-order valence-corrected chi connectivity index (χ0v) is 13.6. The van der Waals surface area contributed by atoms with Crippen LogP contribution >= 0.6 is 0 Å². The average Bonchev–Trinajstić information content (AvgIpc) is 2.55. The normalized spacial score (nSPS) is 16.3. The smallest absolute Gasteiger partial charge is 0.302 e. The summed E-state index contributed by atoms with van der Waals surface area (Å²) in [5.74, 6) is -0.382. The number of esters is 1. The summed E-state index contributed by atoms with van der Waals surface area (Å²) in [6.07, 6.45) is 3.55. The van der Waals surface area contributed by atoms with Crippen LogP contribution in [0.2, 0.25) is 0 Å². The number of unbranched alkanes of at least 4 members (excludes halogenated alkanes) is 1. The first-order chi connectivity index (χ1) is 11.1. The Morgan fingerprint density at radius 3 is 2.43 bits per heavy atom. The zero-order chi connectivity index (χ0) is 16.7. The number of likely N-dealkylation sites (tertiary alicyclic amines) is 1. The summed E-state index contributed by atoms with van der Waals surface area (Å²) in [7, 11) is 0. The summed E-state index contributed by atoms with van der Waals surface area (Å²) >= 11 is 0. The Morgan fingerprint density at radius 2 is 1.83 bits per heavy atom. The van der Waals surface area contributed by atoms with Gasteiger partial charge in [-0.2, -0.15) is 0 Å². The van der Waals surface area contributed by atoms with Gasteiger partial charge in [0.25, 0.3) is 0 Å². The summed E-state index contributed by atoms with van der Waals surface area (Å²) in [6, 6.07) is 5.81. The van der Waals surface area contributed by atoms with Gasteiger partial charge in [-0.25, -0.2) is 4.39 Å². The quantitative estimate of drug-likeness (QED) is 0.440. The molecule has 1 aromatic carbocycles. The van der Waals surface area contributed by atoms with Gasteiger partial charge in [-0.3, -0.25) is 9.59 Å². The van der Waals surface area contributed by atoms with E-state index >= 15 is 0 Å². The van der Waals surface area contributed by atoms with Crippen molar-refractivity contribution >= 4 is 11.8 Å². The minimum atomic E-state index is -0.315. The summed E-state index contributed by atoms with van der Waals surface area (Å²) < 4.78 is 17.8. The third-order valence-electron chi connectivity index (χ3n) is 4.26. The molecule has 0 radical (unpaired) electrons. The van der Waals surface area contributed by atoms with Crippen molar-refractivity contribution in [2.75, 3.05) is 26.2 Å². The van der Waals surface area contributed by atoms with Gasteiger partial charge in [0.05, 0.1) is 6.61 Å². The highest BCUT2D eigenvalue weighted by molar-refractivity contribution is 5.97. The molecule has 1 saturated heterocycles. The van der Waals surface area contributed by atoms with Gasteiger partial charge in [0.2, 0.25) is 0 Å². The monoisotopic (exact) mass is 321 g/mol. The lowest BCUT2D eigenvalue weighted by Crippen LogP contribution is -2.37. The molecule has 1 fully saturated rings. The maximum absolute atomic E-state index is 12.9. The molecule has 0 unspecified atom stereocenters. The zero-order valence-electron chi connectivity index (χ0n) is 13.6. The van der Waals surface area contributed by atoms with E-state index in [9.17, 15) is 14.0 Å². The number of piperidine rings is 1. The average molecular weight is 321 g/mol. The molecule has 0 saturated carbocycles. The van der Waals surface area contributed by atoms with E-state index in [2.05, 4.69) is 4.90 Å². The number of carbonyl (C=O) groups is 2. The molecule has 126 valence electrons. The van der Waals surface area contributed by atoms with Gasteiger partial charge in [0, 0.05) is 18.4 Å². The molecule has 0 bridgehead atoms. The van der Waals surface area contributed by atoms with Gasteiger partial charge < -0.3 is 9.64 Å². The number of halogens is 1. The Hall–Kier alpha value is -1.75. The van der Waals surface area contributed by atoms with Gasteiger partial charge >= 0.3 is 5.97 Å². The molecule has 0 amide bonds. The van der Waals surface area contributed by atoms with Gasteiger partial charge in [-0.05, 0) is 69.6 Å². The standard InChI is InChI=1S/C18H24FNO3/c1-14(21)23-13-3-2-10-20-11-8-16(9-12-20)18(22)15-4-6-17(19)7-5-15/h4-7,16H,2-3,8-13H2,1H3. The molecule has 1 aliphatic rings. The van der Waals surface area contributed by atoms with Crippen molar-refractivity contribution < 1.29 is 18.7 Å².